The van der Waals surface area contributed by atoms with E-state index in [2.05, 4.69) is 22.2 Å². The topological polar surface area (TPSA) is 81.4 Å². The largest absolute Gasteiger partial charge is 0.444 e. The van der Waals surface area contributed by atoms with E-state index in [4.69, 9.17) is 5.73 Å². The Kier molecular flexibility index (Phi) is 7.48. The molecule has 0 saturated heterocycles. The van der Waals surface area contributed by atoms with Crippen LogP contribution in [0.1, 0.15) is 38.3 Å². The first-order valence-electron chi connectivity index (χ1n) is 7.73. The summed E-state index contributed by atoms with van der Waals surface area (Å²) in [5.41, 5.74) is 8.01. The van der Waals surface area contributed by atoms with Crippen LogP contribution in [0.5, 0.6) is 0 Å². The van der Waals surface area contributed by atoms with Crippen LogP contribution in [-0.2, 0) is 16.0 Å². The van der Waals surface area contributed by atoms with E-state index in [-0.39, 0.29) is 0 Å². The highest BCUT2D eigenvalue weighted by Crippen LogP contribution is 2.23. The smallest absolute Gasteiger partial charge is 0.405 e. The maximum atomic E-state index is 10.6. The van der Waals surface area contributed by atoms with Gasteiger partial charge in [-0.1, -0.05) is 30.3 Å². The van der Waals surface area contributed by atoms with Crippen LogP contribution < -0.4 is 11.1 Å². The van der Waals surface area contributed by atoms with Crippen LogP contribution in [0.15, 0.2) is 30.3 Å². The molecule has 23 heavy (non-hydrogen) atoms. The number of ether oxygens (including phenoxy) is 1. The minimum Gasteiger partial charge on any atom is -0.444 e. The zero-order valence-electron chi connectivity index (χ0n) is 14.1. The Morgan fingerprint density at radius 1 is 1.35 bits per heavy atom. The molecule has 0 aliphatic carbocycles. The molecule has 1 aromatic rings. The average Bonchev–Trinajstić information content (AvgIpc) is 2.47. The maximum absolute atomic E-state index is 10.6. The molecule has 0 bridgehead atoms. The van der Waals surface area contributed by atoms with E-state index in [0.29, 0.717) is 6.42 Å². The fourth-order valence-corrected chi connectivity index (χ4v) is 2.27. The van der Waals surface area contributed by atoms with Gasteiger partial charge < -0.3 is 20.6 Å². The Morgan fingerprint density at radius 2 is 2.04 bits per heavy atom. The second-order valence-corrected chi connectivity index (χ2v) is 6.24. The summed E-state index contributed by atoms with van der Waals surface area (Å²) < 4.78 is 4.58. The third-order valence-electron chi connectivity index (χ3n) is 3.14. The molecule has 1 amide bonds. The summed E-state index contributed by atoms with van der Waals surface area (Å²) in [5, 5.41) is 3.29. The van der Waals surface area contributed by atoms with Crippen LogP contribution in [0.3, 0.4) is 0 Å². The zero-order valence-corrected chi connectivity index (χ0v) is 14.1. The monoisotopic (exact) mass is 318 g/mol. The van der Waals surface area contributed by atoms with Gasteiger partial charge in [-0.15, -0.1) is 0 Å². The molecule has 0 fully saturated rings. The number of nitrogens with one attached hydrogen (secondary N) is 1. The maximum Gasteiger partial charge on any atom is 0.405 e. The van der Waals surface area contributed by atoms with Crippen LogP contribution in [0.25, 0.3) is 5.57 Å². The Hall–Kier alpha value is -2.14. The zero-order chi connectivity index (χ0) is 17.3. The quantitative estimate of drug-likeness (QED) is 0.840. The lowest BCUT2D eigenvalue weighted by Gasteiger charge is -2.16. The molecule has 1 aromatic carbocycles. The number of carbonyl (C=O) groups is 2. The molecule has 3 N–H and O–H groups in total. The van der Waals surface area contributed by atoms with Gasteiger partial charge >= 0.3 is 6.09 Å². The van der Waals surface area contributed by atoms with Crippen molar-refractivity contribution < 1.29 is 14.3 Å². The van der Waals surface area contributed by atoms with Crippen molar-refractivity contribution in [2.24, 2.45) is 5.73 Å². The van der Waals surface area contributed by atoms with Crippen molar-refractivity contribution in [2.45, 2.75) is 39.2 Å². The Labute approximate surface area is 137 Å². The van der Waals surface area contributed by atoms with Crippen LogP contribution in [0.4, 0.5) is 4.79 Å². The molecule has 0 unspecified atom stereocenters. The van der Waals surface area contributed by atoms with Gasteiger partial charge in [-0.3, -0.25) is 0 Å². The van der Waals surface area contributed by atoms with Crippen molar-refractivity contribution in [3.8, 4) is 0 Å². The highest BCUT2D eigenvalue weighted by Gasteiger charge is 2.12. The lowest BCUT2D eigenvalue weighted by atomic mass is 9.94. The highest BCUT2D eigenvalue weighted by atomic mass is 16.6. The number of nitrogens with two attached hydrogens (primary N) is 1. The lowest BCUT2D eigenvalue weighted by Crippen LogP contribution is -2.27. The molecular weight excluding hydrogens is 292 g/mol. The average molecular weight is 318 g/mol. The summed E-state index contributed by atoms with van der Waals surface area (Å²) in [5.74, 6) is 0. The van der Waals surface area contributed by atoms with Gasteiger partial charge in [0, 0.05) is 13.0 Å². The molecule has 0 spiro atoms. The minimum absolute atomic E-state index is 0.453. The summed E-state index contributed by atoms with van der Waals surface area (Å²) in [6.45, 7) is 7.25. The van der Waals surface area contributed by atoms with E-state index in [9.17, 15) is 9.59 Å². The van der Waals surface area contributed by atoms with Crippen LogP contribution >= 0.6 is 0 Å². The Bertz CT molecular complexity index is 560. The summed E-state index contributed by atoms with van der Waals surface area (Å²) >= 11 is 0. The third-order valence-corrected chi connectivity index (χ3v) is 3.14. The van der Waals surface area contributed by atoms with E-state index < -0.39 is 11.7 Å². The number of aldehydes is 1. The number of primary amides is 1. The molecule has 1 aliphatic heterocycles. The second-order valence-electron chi connectivity index (χ2n) is 6.24. The van der Waals surface area contributed by atoms with Gasteiger partial charge in [-0.25, -0.2) is 4.79 Å². The molecule has 0 saturated carbocycles. The molecule has 2 rings (SSSR count). The number of hydrogen-bond donors (Lipinski definition) is 2. The first-order chi connectivity index (χ1) is 10.8. The predicted octanol–water partition coefficient (Wildman–Crippen LogP) is 2.68. The molecule has 5 heteroatoms. The van der Waals surface area contributed by atoms with Crippen LogP contribution in [0, 0.1) is 0 Å². The van der Waals surface area contributed by atoms with Crippen LogP contribution in [0.2, 0.25) is 0 Å². The first kappa shape index (κ1) is 18.9. The fraction of sp³-hybridized carbons (Fsp3) is 0.444. The van der Waals surface area contributed by atoms with E-state index in [1.807, 2.05) is 18.2 Å². The summed E-state index contributed by atoms with van der Waals surface area (Å²) in [6, 6.07) is 8.17. The number of hydrogen-bond acceptors (Lipinski definition) is 4. The summed E-state index contributed by atoms with van der Waals surface area (Å²) in [4.78, 5) is 20.6. The summed E-state index contributed by atoms with van der Waals surface area (Å²) in [6.07, 6.45) is 4.03. The van der Waals surface area contributed by atoms with Gasteiger partial charge in [0.1, 0.15) is 11.9 Å². The van der Waals surface area contributed by atoms with E-state index in [1.54, 1.807) is 20.8 Å². The van der Waals surface area contributed by atoms with Gasteiger partial charge in [0.2, 0.25) is 0 Å². The fourth-order valence-electron chi connectivity index (χ4n) is 2.27. The summed E-state index contributed by atoms with van der Waals surface area (Å²) in [7, 11) is 0. The number of amides is 1. The second kappa shape index (κ2) is 9.10. The van der Waals surface area contributed by atoms with Gasteiger partial charge in [0.05, 0.1) is 0 Å². The lowest BCUT2D eigenvalue weighted by molar-refractivity contribution is -0.107. The number of rotatable bonds is 3. The Morgan fingerprint density at radius 3 is 2.52 bits per heavy atom. The number of benzene rings is 1. The van der Waals surface area contributed by atoms with Crippen molar-refractivity contribution in [3.05, 3.63) is 41.5 Å². The van der Waals surface area contributed by atoms with E-state index in [0.717, 1.165) is 31.4 Å². The molecule has 126 valence electrons. The molecule has 0 aromatic heterocycles. The highest BCUT2D eigenvalue weighted by molar-refractivity contribution is 5.72. The predicted molar refractivity (Wildman–Crippen MR) is 92.1 cm³/mol. The van der Waals surface area contributed by atoms with Gasteiger partial charge in [-0.2, -0.15) is 0 Å². The third kappa shape index (κ3) is 7.61. The van der Waals surface area contributed by atoms with Crippen molar-refractivity contribution in [1.29, 1.82) is 0 Å². The van der Waals surface area contributed by atoms with Crippen molar-refractivity contribution in [2.75, 3.05) is 13.1 Å². The standard InChI is InChI=1S/C13H15NO.C5H11NO2/c15-10-7-11-3-1-2-4-13(11)12-5-8-14-9-6-12;1-5(2,3)8-4(6)7/h1-5,10,14H,6-9H2;1-3H3,(H2,6,7). The first-order valence-corrected chi connectivity index (χ1v) is 7.73. The molecule has 0 radical (unpaired) electrons. The van der Waals surface area contributed by atoms with Gasteiger partial charge in [0.25, 0.3) is 0 Å². The van der Waals surface area contributed by atoms with Crippen molar-refractivity contribution in [1.82, 2.24) is 5.32 Å². The van der Waals surface area contributed by atoms with Gasteiger partial charge in [0.15, 0.2) is 0 Å². The molecule has 1 aliphatic rings. The normalized spacial score (nSPS) is 14.1. The van der Waals surface area contributed by atoms with E-state index in [1.165, 1.54) is 11.1 Å². The Balaban J connectivity index is 0.000000284. The van der Waals surface area contributed by atoms with E-state index >= 15 is 0 Å². The van der Waals surface area contributed by atoms with Crippen molar-refractivity contribution >= 4 is 18.0 Å². The van der Waals surface area contributed by atoms with Crippen molar-refractivity contribution in [3.63, 3.8) is 0 Å². The number of carbonyl (C=O) groups excluding carboxylic acids is 2. The molecular formula is C18H26N2O3. The van der Waals surface area contributed by atoms with Gasteiger partial charge in [-0.05, 0) is 50.4 Å². The van der Waals surface area contributed by atoms with Crippen LogP contribution in [-0.4, -0.2) is 31.1 Å². The molecule has 5 nitrogen and oxygen atoms in total. The molecule has 1 heterocycles. The SMILES string of the molecule is CC(C)(C)OC(N)=O.O=CCc1ccccc1C1=CCNCC1. The minimum atomic E-state index is -0.725. The molecule has 0 atom stereocenters.